The fourth-order valence-electron chi connectivity index (χ4n) is 3.08. The van der Waals surface area contributed by atoms with Crippen LogP contribution in [-0.2, 0) is 0 Å². The Morgan fingerprint density at radius 3 is 0.652 bits per heavy atom. The van der Waals surface area contributed by atoms with Gasteiger partial charge in [0.1, 0.15) is 0 Å². The van der Waals surface area contributed by atoms with Crippen LogP contribution in [0.25, 0.3) is 0 Å². The molecule has 0 unspecified atom stereocenters. The van der Waals surface area contributed by atoms with E-state index in [9.17, 15) is 0 Å². The Kier molecular flexibility index (Phi) is 24.7. The van der Waals surface area contributed by atoms with Gasteiger partial charge in [-0.2, -0.15) is 0 Å². The average molecular weight is 591 g/mol. The summed E-state index contributed by atoms with van der Waals surface area (Å²) < 4.78 is 8.26. The molecule has 146 valence electrons. The van der Waals surface area contributed by atoms with Gasteiger partial charge in [-0.05, 0) is 0 Å². The summed E-state index contributed by atoms with van der Waals surface area (Å²) in [6.07, 6.45) is 7.80. The first-order valence-electron chi connectivity index (χ1n) is 9.48. The van der Waals surface area contributed by atoms with Crippen molar-refractivity contribution in [1.29, 1.82) is 0 Å². The molecule has 0 aromatic carbocycles. The van der Waals surface area contributed by atoms with Crippen LogP contribution in [0.1, 0.15) is 80.1 Å². The minimum Gasteiger partial charge on any atom is -0.412 e. The zero-order valence-electron chi connectivity index (χ0n) is 16.6. The van der Waals surface area contributed by atoms with E-state index in [2.05, 4.69) is 41.5 Å². The Hall–Kier alpha value is 2.18. The summed E-state index contributed by atoms with van der Waals surface area (Å²) in [5.74, 6) is 0. The SMILES string of the molecule is CC[CH2][Sb]([Cl])([CH2]CC)[CH2]CC.CC[CH2][Sb]([Cl])([CH2]CC)[CH2]CC.O. The third-order valence-corrected chi connectivity index (χ3v) is 31.9. The number of hydrogen-bond donors (Lipinski definition) is 0. The van der Waals surface area contributed by atoms with Crippen molar-refractivity contribution in [2.45, 2.75) is 106 Å². The van der Waals surface area contributed by atoms with Crippen molar-refractivity contribution in [2.75, 3.05) is 0 Å². The van der Waals surface area contributed by atoms with Crippen molar-refractivity contribution in [3.8, 4) is 0 Å². The second-order valence-electron chi connectivity index (χ2n) is 6.40. The van der Waals surface area contributed by atoms with Crippen LogP contribution in [0.4, 0.5) is 0 Å². The minimum absolute atomic E-state index is 0. The summed E-state index contributed by atoms with van der Waals surface area (Å²) in [6, 6.07) is 0. The van der Waals surface area contributed by atoms with E-state index in [1.165, 1.54) is 64.7 Å². The van der Waals surface area contributed by atoms with Gasteiger partial charge in [-0.1, -0.05) is 0 Å². The van der Waals surface area contributed by atoms with Crippen LogP contribution in [0, 0.1) is 0 Å². The molecule has 0 rings (SSSR count). The normalized spacial score (nSPS) is 11.5. The summed E-state index contributed by atoms with van der Waals surface area (Å²) in [5, 5.41) is 0. The Bertz CT molecular complexity index is 183. The second kappa shape index (κ2) is 19.0. The van der Waals surface area contributed by atoms with E-state index in [0.717, 1.165) is 0 Å². The number of hydrogen-bond acceptors (Lipinski definition) is 0. The molecule has 2 N–H and O–H groups in total. The summed E-state index contributed by atoms with van der Waals surface area (Å²) >= 11 is -3.79. The molecule has 0 fully saturated rings. The van der Waals surface area contributed by atoms with Gasteiger partial charge in [0.05, 0.1) is 0 Å². The molecule has 0 saturated heterocycles. The molecule has 0 atom stereocenters. The molecule has 0 aromatic heterocycles. The van der Waals surface area contributed by atoms with Crippen molar-refractivity contribution in [2.24, 2.45) is 0 Å². The molecule has 23 heavy (non-hydrogen) atoms. The topological polar surface area (TPSA) is 31.5 Å². The third-order valence-electron chi connectivity index (χ3n) is 3.75. The van der Waals surface area contributed by atoms with Gasteiger partial charge in [0.25, 0.3) is 0 Å². The van der Waals surface area contributed by atoms with Gasteiger partial charge in [0.15, 0.2) is 0 Å². The predicted molar refractivity (Wildman–Crippen MR) is 117 cm³/mol. The van der Waals surface area contributed by atoms with Gasteiger partial charge in [-0.25, -0.2) is 0 Å². The van der Waals surface area contributed by atoms with Crippen LogP contribution in [0.5, 0.6) is 0 Å². The van der Waals surface area contributed by atoms with Crippen molar-refractivity contribution in [3.63, 3.8) is 0 Å². The fourth-order valence-corrected chi connectivity index (χ4v) is 27.4. The molecule has 0 amide bonds. The number of halogens is 2. The molecule has 0 aromatic rings. The zero-order valence-corrected chi connectivity index (χ0v) is 23.3. The van der Waals surface area contributed by atoms with Crippen molar-refractivity contribution in [3.05, 3.63) is 0 Å². The van der Waals surface area contributed by atoms with Crippen LogP contribution in [-0.4, -0.2) is 40.8 Å². The molecule has 0 aliphatic rings. The summed E-state index contributed by atoms with van der Waals surface area (Å²) in [7, 11) is 13.3. The Labute approximate surface area is 163 Å². The predicted octanol–water partition coefficient (Wildman–Crippen LogP) is 7.98. The van der Waals surface area contributed by atoms with Gasteiger partial charge < -0.3 is 5.48 Å². The monoisotopic (exact) mass is 588 g/mol. The van der Waals surface area contributed by atoms with E-state index in [0.29, 0.717) is 0 Å². The van der Waals surface area contributed by atoms with Gasteiger partial charge in [0.2, 0.25) is 0 Å². The quantitative estimate of drug-likeness (QED) is 0.206. The van der Waals surface area contributed by atoms with Crippen LogP contribution in [0.3, 0.4) is 0 Å². The third kappa shape index (κ3) is 17.4. The Morgan fingerprint density at radius 2 is 0.565 bits per heavy atom. The largest absolute Gasteiger partial charge is 0.412 e. The molecule has 5 heteroatoms. The molecule has 1 nitrogen and oxygen atoms in total. The maximum Gasteiger partial charge on any atom is -0.412 e. The number of rotatable bonds is 12. The summed E-state index contributed by atoms with van der Waals surface area (Å²) in [4.78, 5) is 0. The standard InChI is InChI=1S/6C3H7.2ClH.H2O.2Sb/c6*1-3-2;;;;;/h6*1,3H2,2H3;2*1H;1H2;;/q;;;;;;;;;2*+1/p-2. The maximum atomic E-state index is 6.64. The second-order valence-corrected chi connectivity index (χ2v) is 35.4. The first-order chi connectivity index (χ1) is 10.4. The molecule has 0 spiro atoms. The van der Waals surface area contributed by atoms with Crippen molar-refractivity contribution < 1.29 is 5.48 Å². The van der Waals surface area contributed by atoms with Gasteiger partial charge in [-0.15, -0.1) is 0 Å². The van der Waals surface area contributed by atoms with Gasteiger partial charge >= 0.3 is 159 Å². The first-order valence-corrected chi connectivity index (χ1v) is 26.8. The Morgan fingerprint density at radius 1 is 0.435 bits per heavy atom. The molecular weight excluding hydrogens is 547 g/mol. The molecular formula is C18H44Cl2OSb2. The summed E-state index contributed by atoms with van der Waals surface area (Å²) in [6.45, 7) is 13.6. The van der Waals surface area contributed by atoms with Gasteiger partial charge in [0, 0.05) is 0 Å². The van der Waals surface area contributed by atoms with Crippen LogP contribution >= 0.6 is 17.7 Å². The van der Waals surface area contributed by atoms with E-state index in [1.54, 1.807) is 0 Å². The summed E-state index contributed by atoms with van der Waals surface area (Å²) in [5.41, 5.74) is 0. The smallest absolute Gasteiger partial charge is 0.412 e. The molecule has 0 aliphatic heterocycles. The minimum atomic E-state index is -1.89. The molecule has 0 saturated carbocycles. The molecule has 0 bridgehead atoms. The van der Waals surface area contributed by atoms with Crippen LogP contribution in [0.15, 0.2) is 0 Å². The Balaban J connectivity index is -0.000000333. The molecule has 0 aliphatic carbocycles. The van der Waals surface area contributed by atoms with Crippen LogP contribution in [0.2, 0.25) is 26.2 Å². The molecule has 2 radical (unpaired) electrons. The van der Waals surface area contributed by atoms with E-state index in [-0.39, 0.29) is 5.48 Å². The fraction of sp³-hybridized carbons (Fsp3) is 1.00. The molecule has 0 heterocycles. The van der Waals surface area contributed by atoms with E-state index in [1.807, 2.05) is 0 Å². The van der Waals surface area contributed by atoms with Gasteiger partial charge in [-0.3, -0.25) is 0 Å². The van der Waals surface area contributed by atoms with Crippen molar-refractivity contribution >= 4 is 53.0 Å². The first kappa shape index (κ1) is 29.9. The van der Waals surface area contributed by atoms with E-state index >= 15 is 0 Å². The van der Waals surface area contributed by atoms with E-state index in [4.69, 9.17) is 17.7 Å². The average Bonchev–Trinajstić information content (AvgIpc) is 2.40. The van der Waals surface area contributed by atoms with Crippen LogP contribution < -0.4 is 0 Å². The van der Waals surface area contributed by atoms with Crippen molar-refractivity contribution in [1.82, 2.24) is 0 Å². The zero-order chi connectivity index (χ0) is 17.5. The maximum absolute atomic E-state index is 6.64. The van der Waals surface area contributed by atoms with E-state index < -0.39 is 35.3 Å².